The number of fused-ring (bicyclic) bond motifs is 4. The molecule has 3 nitrogen and oxygen atoms in total. The van der Waals surface area contributed by atoms with Crippen LogP contribution < -0.4 is 4.74 Å². The highest BCUT2D eigenvalue weighted by molar-refractivity contribution is 5.83. The fourth-order valence-corrected chi connectivity index (χ4v) is 5.79. The highest BCUT2D eigenvalue weighted by Crippen LogP contribution is 2.43. The van der Waals surface area contributed by atoms with Gasteiger partial charge in [0.15, 0.2) is 0 Å². The molecular weight excluding hydrogens is 380 g/mol. The standard InChI is InChI=1S/C28H28N2O/c1-2-5-21-16-22(8-7-20(21)4-1)24-17-25-9-10-26(18-24)30(25)14-15-31-27-11-12-28-23(19-27)6-3-13-29-28/h1-8,11-13,16,19,24-26H,9-10,14-15,17-18H2. The Balaban J connectivity index is 1.10. The van der Waals surface area contributed by atoms with Crippen LogP contribution in [-0.4, -0.2) is 35.1 Å². The third kappa shape index (κ3) is 3.68. The summed E-state index contributed by atoms with van der Waals surface area (Å²) in [7, 11) is 0. The SMILES string of the molecule is c1ccc2cc(C3CC4CCC(C3)N4CCOc3ccc4ncccc4c3)ccc2c1. The van der Waals surface area contributed by atoms with Crippen molar-refractivity contribution in [3.63, 3.8) is 0 Å². The van der Waals surface area contributed by atoms with Gasteiger partial charge in [0, 0.05) is 30.2 Å². The summed E-state index contributed by atoms with van der Waals surface area (Å²) in [6, 6.07) is 27.4. The fraction of sp³-hybridized carbons (Fsp3) is 0.321. The van der Waals surface area contributed by atoms with Crippen LogP contribution in [0.5, 0.6) is 5.75 Å². The number of aromatic nitrogens is 1. The van der Waals surface area contributed by atoms with E-state index in [4.69, 9.17) is 4.74 Å². The first-order valence-electron chi connectivity index (χ1n) is 11.6. The van der Waals surface area contributed by atoms with Crippen molar-refractivity contribution in [2.75, 3.05) is 13.2 Å². The number of pyridine rings is 1. The molecule has 2 fully saturated rings. The Bertz CT molecular complexity index is 1210. The van der Waals surface area contributed by atoms with E-state index in [0.29, 0.717) is 18.0 Å². The molecule has 0 spiro atoms. The smallest absolute Gasteiger partial charge is 0.120 e. The maximum Gasteiger partial charge on any atom is 0.120 e. The summed E-state index contributed by atoms with van der Waals surface area (Å²) in [5, 5.41) is 3.85. The highest BCUT2D eigenvalue weighted by Gasteiger charge is 2.40. The van der Waals surface area contributed by atoms with E-state index in [1.54, 1.807) is 0 Å². The number of nitrogens with zero attached hydrogens (tertiary/aromatic N) is 2. The van der Waals surface area contributed by atoms with Crippen molar-refractivity contribution in [2.24, 2.45) is 0 Å². The summed E-state index contributed by atoms with van der Waals surface area (Å²) in [5.74, 6) is 1.63. The molecule has 4 aromatic rings. The van der Waals surface area contributed by atoms with Crippen LogP contribution in [0.15, 0.2) is 79.0 Å². The maximum absolute atomic E-state index is 6.13. The number of ether oxygens (including phenoxy) is 1. The lowest BCUT2D eigenvalue weighted by Crippen LogP contribution is -2.44. The maximum atomic E-state index is 6.13. The molecule has 6 rings (SSSR count). The van der Waals surface area contributed by atoms with Gasteiger partial charge in [-0.3, -0.25) is 9.88 Å². The minimum Gasteiger partial charge on any atom is -0.492 e. The molecule has 2 unspecified atom stereocenters. The second-order valence-corrected chi connectivity index (χ2v) is 9.10. The Hall–Kier alpha value is -2.91. The van der Waals surface area contributed by atoms with Crippen LogP contribution in [-0.2, 0) is 0 Å². The van der Waals surface area contributed by atoms with E-state index in [1.807, 2.05) is 24.4 Å². The van der Waals surface area contributed by atoms with Crippen LogP contribution in [0, 0.1) is 0 Å². The summed E-state index contributed by atoms with van der Waals surface area (Å²) in [6.45, 7) is 1.77. The first kappa shape index (κ1) is 18.8. The minimum absolute atomic E-state index is 0.687. The van der Waals surface area contributed by atoms with E-state index in [9.17, 15) is 0 Å². The van der Waals surface area contributed by atoms with Crippen LogP contribution in [0.1, 0.15) is 37.2 Å². The normalized spacial score (nSPS) is 23.4. The molecule has 0 radical (unpaired) electrons. The number of piperidine rings is 1. The van der Waals surface area contributed by atoms with Gasteiger partial charge in [0.05, 0.1) is 5.52 Å². The summed E-state index contributed by atoms with van der Waals surface area (Å²) in [4.78, 5) is 7.11. The van der Waals surface area contributed by atoms with Crippen LogP contribution in [0.4, 0.5) is 0 Å². The van der Waals surface area contributed by atoms with Crippen molar-refractivity contribution in [1.82, 2.24) is 9.88 Å². The molecule has 2 aliphatic rings. The Morgan fingerprint density at radius 3 is 2.48 bits per heavy atom. The Morgan fingerprint density at radius 2 is 1.61 bits per heavy atom. The molecule has 1 aromatic heterocycles. The summed E-state index contributed by atoms with van der Waals surface area (Å²) < 4.78 is 6.13. The third-order valence-electron chi connectivity index (χ3n) is 7.32. The van der Waals surface area contributed by atoms with Crippen molar-refractivity contribution >= 4 is 21.7 Å². The van der Waals surface area contributed by atoms with Crippen molar-refractivity contribution in [3.05, 3.63) is 84.6 Å². The lowest BCUT2D eigenvalue weighted by atomic mass is 9.84. The molecule has 0 N–H and O–H groups in total. The quantitative estimate of drug-likeness (QED) is 0.394. The van der Waals surface area contributed by atoms with Crippen molar-refractivity contribution in [1.29, 1.82) is 0 Å². The monoisotopic (exact) mass is 408 g/mol. The summed E-state index contributed by atoms with van der Waals surface area (Å²) in [6.07, 6.45) is 7.04. The zero-order valence-corrected chi connectivity index (χ0v) is 17.8. The topological polar surface area (TPSA) is 25.4 Å². The predicted molar refractivity (Wildman–Crippen MR) is 127 cm³/mol. The van der Waals surface area contributed by atoms with Gasteiger partial charge in [-0.2, -0.15) is 0 Å². The van der Waals surface area contributed by atoms with Gasteiger partial charge < -0.3 is 4.74 Å². The zero-order chi connectivity index (χ0) is 20.6. The summed E-state index contributed by atoms with van der Waals surface area (Å²) >= 11 is 0. The third-order valence-corrected chi connectivity index (χ3v) is 7.32. The molecule has 0 amide bonds. The van der Waals surface area contributed by atoms with Gasteiger partial charge in [0.1, 0.15) is 12.4 Å². The van der Waals surface area contributed by atoms with Gasteiger partial charge >= 0.3 is 0 Å². The van der Waals surface area contributed by atoms with Gasteiger partial charge in [-0.15, -0.1) is 0 Å². The summed E-state index contributed by atoms with van der Waals surface area (Å²) in [5.41, 5.74) is 2.54. The molecule has 156 valence electrons. The number of rotatable bonds is 5. The molecular formula is C28H28N2O. The number of hydrogen-bond donors (Lipinski definition) is 0. The first-order chi connectivity index (χ1) is 15.3. The van der Waals surface area contributed by atoms with E-state index in [2.05, 4.69) is 64.5 Å². The molecule has 3 aromatic carbocycles. The fourth-order valence-electron chi connectivity index (χ4n) is 5.79. The molecule has 3 heteroatoms. The van der Waals surface area contributed by atoms with E-state index in [-0.39, 0.29) is 0 Å². The largest absolute Gasteiger partial charge is 0.492 e. The molecule has 31 heavy (non-hydrogen) atoms. The Morgan fingerprint density at radius 1 is 0.806 bits per heavy atom. The first-order valence-corrected chi connectivity index (χ1v) is 11.6. The van der Waals surface area contributed by atoms with Crippen LogP contribution in [0.2, 0.25) is 0 Å². The van der Waals surface area contributed by atoms with E-state index >= 15 is 0 Å². The molecule has 2 atom stereocenters. The Labute approximate surface area is 183 Å². The highest BCUT2D eigenvalue weighted by atomic mass is 16.5. The van der Waals surface area contributed by atoms with E-state index in [0.717, 1.165) is 29.8 Å². The predicted octanol–water partition coefficient (Wildman–Crippen LogP) is 6.18. The van der Waals surface area contributed by atoms with E-state index < -0.39 is 0 Å². The van der Waals surface area contributed by atoms with Gasteiger partial charge in [-0.1, -0.05) is 48.5 Å². The molecule has 2 saturated heterocycles. The van der Waals surface area contributed by atoms with Gasteiger partial charge in [-0.25, -0.2) is 0 Å². The Kier molecular flexibility index (Phi) is 4.84. The number of benzene rings is 3. The van der Waals surface area contributed by atoms with Crippen molar-refractivity contribution < 1.29 is 4.74 Å². The molecule has 2 aliphatic heterocycles. The van der Waals surface area contributed by atoms with E-state index in [1.165, 1.54) is 42.0 Å². The second kappa shape index (κ2) is 7.97. The molecule has 3 heterocycles. The molecule has 0 saturated carbocycles. The van der Waals surface area contributed by atoms with Crippen LogP contribution >= 0.6 is 0 Å². The zero-order valence-electron chi connectivity index (χ0n) is 17.8. The van der Waals surface area contributed by atoms with Crippen LogP contribution in [0.3, 0.4) is 0 Å². The van der Waals surface area contributed by atoms with Gasteiger partial charge in [0.2, 0.25) is 0 Å². The second-order valence-electron chi connectivity index (χ2n) is 9.10. The number of hydrogen-bond acceptors (Lipinski definition) is 3. The van der Waals surface area contributed by atoms with Crippen molar-refractivity contribution in [2.45, 2.75) is 43.7 Å². The lowest BCUT2D eigenvalue weighted by molar-refractivity contribution is 0.105. The van der Waals surface area contributed by atoms with Gasteiger partial charge in [0.25, 0.3) is 0 Å². The lowest BCUT2D eigenvalue weighted by Gasteiger charge is -2.39. The van der Waals surface area contributed by atoms with Gasteiger partial charge in [-0.05, 0) is 72.2 Å². The molecule has 2 bridgehead atoms. The van der Waals surface area contributed by atoms with Crippen molar-refractivity contribution in [3.8, 4) is 5.75 Å². The van der Waals surface area contributed by atoms with Crippen LogP contribution in [0.25, 0.3) is 21.7 Å². The average molecular weight is 409 g/mol. The minimum atomic E-state index is 0.687. The average Bonchev–Trinajstić information content (AvgIpc) is 3.05. The molecule has 0 aliphatic carbocycles.